The molecule has 1 aromatic rings. The van der Waals surface area contributed by atoms with Crippen LogP contribution in [0.25, 0.3) is 11.5 Å². The third-order valence-electron chi connectivity index (χ3n) is 6.84. The highest BCUT2D eigenvalue weighted by Crippen LogP contribution is 2.31. The number of aromatic nitrogens is 1. The molecule has 0 amide bonds. The number of allylic oxidation sites excluding steroid dienone is 1. The van der Waals surface area contributed by atoms with E-state index in [0.717, 1.165) is 37.0 Å². The van der Waals surface area contributed by atoms with E-state index in [2.05, 4.69) is 73.4 Å². The number of nitrogens with zero attached hydrogens (tertiary/aromatic N) is 2. The maximum Gasteiger partial charge on any atom is 0.121 e. The Morgan fingerprint density at radius 2 is 2.09 bits per heavy atom. The molecule has 0 saturated carbocycles. The van der Waals surface area contributed by atoms with Crippen LogP contribution in [0.3, 0.4) is 0 Å². The minimum absolute atomic E-state index is 0.163. The predicted molar refractivity (Wildman–Crippen MR) is 141 cm³/mol. The summed E-state index contributed by atoms with van der Waals surface area (Å²) < 4.78 is 0. The minimum atomic E-state index is 0.163. The Balaban J connectivity index is 1.86. The van der Waals surface area contributed by atoms with Gasteiger partial charge in [0.05, 0.1) is 11.1 Å². The van der Waals surface area contributed by atoms with Gasteiger partial charge in [0.25, 0.3) is 0 Å². The largest absolute Gasteiger partial charge is 0.382 e. The first-order valence-electron chi connectivity index (χ1n) is 12.3. The molecular weight excluding hydrogens is 427 g/mol. The number of hydrogen-bond acceptors (Lipinski definition) is 5. The highest BCUT2D eigenvalue weighted by molar-refractivity contribution is 7.51. The van der Waals surface area contributed by atoms with Crippen LogP contribution in [-0.4, -0.2) is 35.1 Å². The van der Waals surface area contributed by atoms with Crippen LogP contribution in [0.15, 0.2) is 41.0 Å². The Labute approximate surface area is 200 Å². The summed E-state index contributed by atoms with van der Waals surface area (Å²) in [4.78, 5) is 20.3. The second kappa shape index (κ2) is 12.3. The molecule has 178 valence electrons. The van der Waals surface area contributed by atoms with Crippen LogP contribution in [0.5, 0.6) is 0 Å². The van der Waals surface area contributed by atoms with E-state index in [1.807, 2.05) is 18.2 Å². The van der Waals surface area contributed by atoms with Crippen LogP contribution in [0.2, 0.25) is 0 Å². The minimum Gasteiger partial charge on any atom is -0.382 e. The van der Waals surface area contributed by atoms with Gasteiger partial charge in [0.15, 0.2) is 0 Å². The van der Waals surface area contributed by atoms with Gasteiger partial charge in [-0.15, -0.1) is 0 Å². The van der Waals surface area contributed by atoms with Crippen LogP contribution in [-0.2, 0) is 4.79 Å². The molecule has 33 heavy (non-hydrogen) atoms. The lowest BCUT2D eigenvalue weighted by atomic mass is 9.85. The number of amidine groups is 1. The molecule has 6 heteroatoms. The summed E-state index contributed by atoms with van der Waals surface area (Å²) in [5.74, 6) is 4.58. The van der Waals surface area contributed by atoms with Crippen molar-refractivity contribution in [1.82, 2.24) is 15.6 Å². The van der Waals surface area contributed by atoms with Gasteiger partial charge in [-0.2, -0.15) is 0 Å². The molecule has 2 N–H and O–H groups in total. The molecule has 2 aliphatic rings. The SMILES string of the molecule is CCC(C)C(C)CC(CC(C)C=C=O)NC1=c2cccnc2=CC(NC2=NCCC(C)=C2)P1. The number of pyridine rings is 1. The van der Waals surface area contributed by atoms with E-state index in [-0.39, 0.29) is 17.7 Å². The fraction of sp³-hybridized carbons (Fsp3) is 0.556. The third kappa shape index (κ3) is 7.39. The van der Waals surface area contributed by atoms with Crippen molar-refractivity contribution in [3.05, 3.63) is 46.6 Å². The van der Waals surface area contributed by atoms with E-state index in [4.69, 9.17) is 0 Å². The van der Waals surface area contributed by atoms with Gasteiger partial charge in [0, 0.05) is 35.5 Å². The van der Waals surface area contributed by atoms with E-state index >= 15 is 0 Å². The average molecular weight is 467 g/mol. The molecule has 3 heterocycles. The lowest BCUT2D eigenvalue weighted by Gasteiger charge is -2.30. The van der Waals surface area contributed by atoms with Crippen LogP contribution in [0.4, 0.5) is 0 Å². The molecular formula is C27H39N4OP. The normalized spacial score (nSPS) is 22.0. The maximum atomic E-state index is 10.9. The highest BCUT2D eigenvalue weighted by Gasteiger charge is 2.23. The summed E-state index contributed by atoms with van der Waals surface area (Å²) in [7, 11) is 0.550. The number of carbonyl (C=O) groups excluding carboxylic acids is 1. The molecule has 0 bridgehead atoms. The second-order valence-corrected chi connectivity index (χ2v) is 11.1. The van der Waals surface area contributed by atoms with E-state index < -0.39 is 0 Å². The molecule has 0 fully saturated rings. The van der Waals surface area contributed by atoms with Crippen LogP contribution in [0, 0.1) is 17.8 Å². The summed E-state index contributed by atoms with van der Waals surface area (Å²) in [6, 6.07) is 4.46. The van der Waals surface area contributed by atoms with Gasteiger partial charge < -0.3 is 10.6 Å². The van der Waals surface area contributed by atoms with Crippen molar-refractivity contribution in [2.75, 3.05) is 6.54 Å². The standard InChI is InChI=1S/C27H39N4OP/c1-6-20(4)21(5)16-22(14-19(3)10-13-32)30-27-23-8-7-11-28-24(23)17-26(33-27)31-25-15-18(2)9-12-29-25/h7-8,10-11,15,17,19-22,26,30,33H,6,9,12,14,16H2,1-5H3,(H,29,31). The number of hydrogen-bond donors (Lipinski definition) is 2. The number of dihydropyridines is 1. The molecule has 0 spiro atoms. The van der Waals surface area contributed by atoms with Crippen molar-refractivity contribution in [3.8, 4) is 0 Å². The van der Waals surface area contributed by atoms with Crippen molar-refractivity contribution >= 4 is 31.9 Å². The van der Waals surface area contributed by atoms with Crippen LogP contribution in [0.1, 0.15) is 60.3 Å². The molecule has 3 rings (SSSR count). The smallest absolute Gasteiger partial charge is 0.121 e. The van der Waals surface area contributed by atoms with Crippen molar-refractivity contribution in [2.24, 2.45) is 22.7 Å². The summed E-state index contributed by atoms with van der Waals surface area (Å²) in [5, 5.41) is 9.75. The van der Waals surface area contributed by atoms with E-state index in [1.165, 1.54) is 22.7 Å². The quantitative estimate of drug-likeness (QED) is 0.407. The molecule has 5 nitrogen and oxygen atoms in total. The Kier molecular flexibility index (Phi) is 9.47. The lowest BCUT2D eigenvalue weighted by Crippen LogP contribution is -2.44. The van der Waals surface area contributed by atoms with Crippen LogP contribution < -0.4 is 21.2 Å². The summed E-state index contributed by atoms with van der Waals surface area (Å²) in [6.07, 6.45) is 12.1. The first-order valence-corrected chi connectivity index (χ1v) is 13.4. The number of rotatable bonds is 10. The molecule has 0 aliphatic carbocycles. The highest BCUT2D eigenvalue weighted by atomic mass is 31.1. The molecule has 1 aromatic heterocycles. The average Bonchev–Trinajstić information content (AvgIpc) is 2.78. The number of fused-ring (bicyclic) bond motifs is 1. The predicted octanol–water partition coefficient (Wildman–Crippen LogP) is 3.73. The van der Waals surface area contributed by atoms with Crippen LogP contribution >= 0.6 is 8.58 Å². The van der Waals surface area contributed by atoms with Gasteiger partial charge in [-0.05, 0) is 76.8 Å². The summed E-state index contributed by atoms with van der Waals surface area (Å²) in [6.45, 7) is 12.1. The molecule has 0 saturated heterocycles. The van der Waals surface area contributed by atoms with Gasteiger partial charge in [-0.3, -0.25) is 9.98 Å². The Morgan fingerprint density at radius 3 is 2.82 bits per heavy atom. The van der Waals surface area contributed by atoms with Gasteiger partial charge in [-0.1, -0.05) is 39.7 Å². The Bertz CT molecular complexity index is 1040. The zero-order chi connectivity index (χ0) is 23.8. The fourth-order valence-electron chi connectivity index (χ4n) is 4.48. The van der Waals surface area contributed by atoms with E-state index in [1.54, 1.807) is 6.08 Å². The Hall–Kier alpha value is -2.22. The zero-order valence-electron chi connectivity index (χ0n) is 20.7. The van der Waals surface area contributed by atoms with Crippen molar-refractivity contribution < 1.29 is 4.79 Å². The maximum absolute atomic E-state index is 10.9. The van der Waals surface area contributed by atoms with Gasteiger partial charge in [-0.25, -0.2) is 4.79 Å². The Morgan fingerprint density at radius 1 is 1.27 bits per heavy atom. The first kappa shape index (κ1) is 25.4. The second-order valence-electron chi connectivity index (χ2n) is 9.69. The molecule has 0 aromatic carbocycles. The number of aliphatic imine (C=N–C) groups is 1. The van der Waals surface area contributed by atoms with Gasteiger partial charge >= 0.3 is 0 Å². The first-order chi connectivity index (χ1) is 15.9. The summed E-state index contributed by atoms with van der Waals surface area (Å²) in [5.41, 5.74) is 2.61. The lowest BCUT2D eigenvalue weighted by molar-refractivity contribution is 0.304. The van der Waals surface area contributed by atoms with Gasteiger partial charge in [0.2, 0.25) is 0 Å². The molecule has 6 unspecified atom stereocenters. The molecule has 0 radical (unpaired) electrons. The molecule has 2 aliphatic heterocycles. The van der Waals surface area contributed by atoms with E-state index in [0.29, 0.717) is 20.4 Å². The number of nitrogens with one attached hydrogen (secondary N) is 2. The van der Waals surface area contributed by atoms with Gasteiger partial charge in [0.1, 0.15) is 11.8 Å². The van der Waals surface area contributed by atoms with Crippen molar-refractivity contribution in [1.29, 1.82) is 0 Å². The zero-order valence-corrected chi connectivity index (χ0v) is 21.7. The van der Waals surface area contributed by atoms with Crippen molar-refractivity contribution in [2.45, 2.75) is 72.1 Å². The third-order valence-corrected chi connectivity index (χ3v) is 8.16. The van der Waals surface area contributed by atoms with E-state index in [9.17, 15) is 4.79 Å². The van der Waals surface area contributed by atoms with Crippen molar-refractivity contribution in [3.63, 3.8) is 0 Å². The monoisotopic (exact) mass is 466 g/mol. The summed E-state index contributed by atoms with van der Waals surface area (Å²) >= 11 is 0. The molecule has 6 atom stereocenters. The fourth-order valence-corrected chi connectivity index (χ4v) is 5.90. The topological polar surface area (TPSA) is 66.4 Å².